The van der Waals surface area contributed by atoms with Gasteiger partial charge in [-0.3, -0.25) is 4.79 Å². The molecule has 0 radical (unpaired) electrons. The zero-order valence-corrected chi connectivity index (χ0v) is 18.8. The molecule has 0 saturated heterocycles. The van der Waals surface area contributed by atoms with Crippen molar-refractivity contribution in [1.82, 2.24) is 10.6 Å². The van der Waals surface area contributed by atoms with Crippen LogP contribution in [-0.4, -0.2) is 42.3 Å². The van der Waals surface area contributed by atoms with Crippen molar-refractivity contribution in [2.45, 2.75) is 44.6 Å². The summed E-state index contributed by atoms with van der Waals surface area (Å²) in [5, 5.41) is 14.4. The molecule has 2 aliphatic rings. The highest BCUT2D eigenvalue weighted by atomic mass is 16.5. The van der Waals surface area contributed by atoms with Gasteiger partial charge in [-0.2, -0.15) is 0 Å². The summed E-state index contributed by atoms with van der Waals surface area (Å²) in [6.07, 6.45) is 1.93. The minimum atomic E-state index is -1.01. The Balaban J connectivity index is 1.18. The highest BCUT2D eigenvalue weighted by molar-refractivity contribution is 5.83. The van der Waals surface area contributed by atoms with Crippen LogP contribution < -0.4 is 10.6 Å². The molecule has 1 saturated carbocycles. The number of rotatable bonds is 9. The normalized spacial score (nSPS) is 19.5. The average Bonchev–Trinajstić information content (AvgIpc) is 3.11. The van der Waals surface area contributed by atoms with Gasteiger partial charge in [-0.15, -0.1) is 0 Å². The fraction of sp³-hybridized carbons (Fsp3) is 0.423. The van der Waals surface area contributed by atoms with Crippen LogP contribution in [0.3, 0.4) is 0 Å². The van der Waals surface area contributed by atoms with Crippen molar-refractivity contribution in [2.75, 3.05) is 13.2 Å². The number of fused-ring (bicyclic) bond motifs is 3. The van der Waals surface area contributed by atoms with E-state index in [1.807, 2.05) is 24.3 Å². The summed E-state index contributed by atoms with van der Waals surface area (Å²) in [6.45, 7) is 2.53. The Morgan fingerprint density at radius 1 is 1.00 bits per heavy atom. The van der Waals surface area contributed by atoms with Gasteiger partial charge in [-0.05, 0) is 53.4 Å². The van der Waals surface area contributed by atoms with Crippen LogP contribution in [0.2, 0.25) is 0 Å². The summed E-state index contributed by atoms with van der Waals surface area (Å²) >= 11 is 0. The van der Waals surface area contributed by atoms with Gasteiger partial charge in [-0.1, -0.05) is 55.5 Å². The summed E-state index contributed by atoms with van der Waals surface area (Å²) < 4.78 is 5.56. The number of amides is 2. The van der Waals surface area contributed by atoms with Gasteiger partial charge in [0.1, 0.15) is 12.6 Å². The number of carbonyl (C=O) groups is 3. The third kappa shape index (κ3) is 5.18. The Bertz CT molecular complexity index is 985. The molecule has 0 spiro atoms. The number of ether oxygens (including phenoxy) is 1. The number of carbonyl (C=O) groups excluding carboxylic acids is 2. The molecule has 0 aliphatic heterocycles. The van der Waals surface area contributed by atoms with Crippen LogP contribution in [0.4, 0.5) is 4.79 Å². The topological polar surface area (TPSA) is 105 Å². The molecule has 0 bridgehead atoms. The lowest BCUT2D eigenvalue weighted by atomic mass is 9.73. The van der Waals surface area contributed by atoms with Gasteiger partial charge in [0.05, 0.1) is 0 Å². The van der Waals surface area contributed by atoms with Gasteiger partial charge < -0.3 is 20.5 Å². The molecule has 4 rings (SSSR count). The number of aliphatic carboxylic acids is 1. The van der Waals surface area contributed by atoms with E-state index in [1.54, 1.807) is 6.92 Å². The van der Waals surface area contributed by atoms with Crippen molar-refractivity contribution in [3.8, 4) is 11.1 Å². The second-order valence-corrected chi connectivity index (χ2v) is 8.98. The van der Waals surface area contributed by atoms with Gasteiger partial charge in [0.15, 0.2) is 0 Å². The van der Waals surface area contributed by atoms with Gasteiger partial charge in [-0.25, -0.2) is 9.59 Å². The van der Waals surface area contributed by atoms with E-state index in [1.165, 1.54) is 22.3 Å². The molecule has 2 aromatic rings. The molecular weight excluding hydrogens is 420 g/mol. The maximum atomic E-state index is 12.3. The van der Waals surface area contributed by atoms with E-state index in [2.05, 4.69) is 34.9 Å². The highest BCUT2D eigenvalue weighted by Gasteiger charge is 2.32. The first-order valence-corrected chi connectivity index (χ1v) is 11.6. The van der Waals surface area contributed by atoms with Crippen LogP contribution in [0, 0.1) is 11.8 Å². The molecule has 2 amide bonds. The number of hydrogen-bond donors (Lipinski definition) is 3. The van der Waals surface area contributed by atoms with Crippen LogP contribution in [0.5, 0.6) is 0 Å². The SMILES string of the molecule is CC[C@H](NC(=O)CC1CC(CNC(=O)OCC2c3ccccc3-c3ccccc32)C1)C(=O)O. The largest absolute Gasteiger partial charge is 0.480 e. The highest BCUT2D eigenvalue weighted by Crippen LogP contribution is 2.44. The molecule has 7 heteroatoms. The Labute approximate surface area is 193 Å². The van der Waals surface area contributed by atoms with E-state index >= 15 is 0 Å². The third-order valence-electron chi connectivity index (χ3n) is 6.73. The van der Waals surface area contributed by atoms with Crippen LogP contribution >= 0.6 is 0 Å². The quantitative estimate of drug-likeness (QED) is 0.537. The first kappa shape index (κ1) is 22.8. The summed E-state index contributed by atoms with van der Waals surface area (Å²) in [6, 6.07) is 15.6. The molecule has 174 valence electrons. The van der Waals surface area contributed by atoms with Crippen molar-refractivity contribution in [2.24, 2.45) is 11.8 Å². The molecule has 7 nitrogen and oxygen atoms in total. The predicted molar refractivity (Wildman–Crippen MR) is 124 cm³/mol. The number of benzene rings is 2. The van der Waals surface area contributed by atoms with Gasteiger partial charge in [0.25, 0.3) is 0 Å². The summed E-state index contributed by atoms with van der Waals surface area (Å²) in [5.41, 5.74) is 4.75. The molecule has 2 aromatic carbocycles. The van der Waals surface area contributed by atoms with E-state index in [0.717, 1.165) is 12.8 Å². The summed E-state index contributed by atoms with van der Waals surface area (Å²) in [7, 11) is 0. The first-order valence-electron chi connectivity index (χ1n) is 11.6. The molecule has 1 atom stereocenters. The lowest BCUT2D eigenvalue weighted by molar-refractivity contribution is -0.142. The van der Waals surface area contributed by atoms with Gasteiger partial charge in [0, 0.05) is 18.9 Å². The first-order chi connectivity index (χ1) is 16.0. The maximum absolute atomic E-state index is 12.3. The zero-order valence-electron chi connectivity index (χ0n) is 18.8. The summed E-state index contributed by atoms with van der Waals surface area (Å²) in [5.74, 6) is -0.662. The number of carboxylic acid groups (broad SMARTS) is 1. The smallest absolute Gasteiger partial charge is 0.407 e. The molecule has 0 unspecified atom stereocenters. The minimum Gasteiger partial charge on any atom is -0.480 e. The van der Waals surface area contributed by atoms with Crippen LogP contribution in [-0.2, 0) is 14.3 Å². The lowest BCUT2D eigenvalue weighted by Crippen LogP contribution is -2.43. The third-order valence-corrected chi connectivity index (χ3v) is 6.73. The number of alkyl carbamates (subject to hydrolysis) is 1. The fourth-order valence-electron chi connectivity index (χ4n) is 4.94. The maximum Gasteiger partial charge on any atom is 0.407 e. The monoisotopic (exact) mass is 450 g/mol. The van der Waals surface area contributed by atoms with E-state index in [-0.39, 0.29) is 24.3 Å². The van der Waals surface area contributed by atoms with Crippen molar-refractivity contribution < 1.29 is 24.2 Å². The van der Waals surface area contributed by atoms with Crippen LogP contribution in [0.15, 0.2) is 48.5 Å². The fourth-order valence-corrected chi connectivity index (χ4v) is 4.94. The molecule has 33 heavy (non-hydrogen) atoms. The Morgan fingerprint density at radius 3 is 2.18 bits per heavy atom. The molecular formula is C26H30N2O5. The molecule has 0 heterocycles. The van der Waals surface area contributed by atoms with E-state index in [4.69, 9.17) is 9.84 Å². The molecule has 1 fully saturated rings. The van der Waals surface area contributed by atoms with E-state index in [9.17, 15) is 14.4 Å². The van der Waals surface area contributed by atoms with Gasteiger partial charge in [0.2, 0.25) is 5.91 Å². The standard InChI is InChI=1S/C26H30N2O5/c1-2-23(25(30)31)28-24(29)13-16-11-17(12-16)14-27-26(32)33-15-22-20-9-5-3-7-18(20)19-8-4-6-10-21(19)22/h3-10,16-17,22-23H,2,11-15H2,1H3,(H,27,32)(H,28,29)(H,30,31)/t16?,17?,23-/m0/s1. The molecule has 0 aromatic heterocycles. The van der Waals surface area contributed by atoms with Crippen molar-refractivity contribution in [3.63, 3.8) is 0 Å². The number of nitrogens with one attached hydrogen (secondary N) is 2. The van der Waals surface area contributed by atoms with Crippen LogP contribution in [0.25, 0.3) is 11.1 Å². The second kappa shape index (κ2) is 10.1. The van der Waals surface area contributed by atoms with Crippen LogP contribution in [0.1, 0.15) is 49.7 Å². The Hall–Kier alpha value is -3.35. The number of carboxylic acids is 1. The zero-order chi connectivity index (χ0) is 23.4. The van der Waals surface area contributed by atoms with E-state index < -0.39 is 18.1 Å². The van der Waals surface area contributed by atoms with Crippen molar-refractivity contribution in [1.29, 1.82) is 0 Å². The Morgan fingerprint density at radius 2 is 1.61 bits per heavy atom. The minimum absolute atomic E-state index is 0.0347. The lowest BCUT2D eigenvalue weighted by Gasteiger charge is -2.35. The van der Waals surface area contributed by atoms with Crippen molar-refractivity contribution >= 4 is 18.0 Å². The average molecular weight is 451 g/mol. The second-order valence-electron chi connectivity index (χ2n) is 8.98. The Kier molecular flexibility index (Phi) is 6.96. The predicted octanol–water partition coefficient (Wildman–Crippen LogP) is 3.92. The van der Waals surface area contributed by atoms with E-state index in [0.29, 0.717) is 25.3 Å². The number of hydrogen-bond acceptors (Lipinski definition) is 4. The van der Waals surface area contributed by atoms with Crippen molar-refractivity contribution in [3.05, 3.63) is 59.7 Å². The molecule has 2 aliphatic carbocycles. The summed E-state index contributed by atoms with van der Waals surface area (Å²) in [4.78, 5) is 35.3. The van der Waals surface area contributed by atoms with Gasteiger partial charge >= 0.3 is 12.1 Å². The molecule has 3 N–H and O–H groups in total.